The fourth-order valence-electron chi connectivity index (χ4n) is 1.37. The molecule has 1 aliphatic carbocycles. The standard InChI is InChI=1S/C10H15N3OS.ClH/c1-6(11)4-9(14)13-10-12-8(5-15-10)7-2-3-7;/h5-7H,2-4,11H2,1H3,(H,12,13,14);1H. The minimum atomic E-state index is -0.104. The number of carbonyl (C=O) groups excluding carboxylic acids is 1. The van der Waals surface area contributed by atoms with Crippen LogP contribution in [0.25, 0.3) is 0 Å². The topological polar surface area (TPSA) is 68.0 Å². The van der Waals surface area contributed by atoms with Crippen molar-refractivity contribution >= 4 is 34.8 Å². The summed E-state index contributed by atoms with van der Waals surface area (Å²) in [5, 5.41) is 5.49. The molecule has 1 heterocycles. The summed E-state index contributed by atoms with van der Waals surface area (Å²) in [5.74, 6) is 0.585. The monoisotopic (exact) mass is 261 g/mol. The average molecular weight is 262 g/mol. The summed E-state index contributed by atoms with van der Waals surface area (Å²) in [5.41, 5.74) is 6.65. The fourth-order valence-corrected chi connectivity index (χ4v) is 2.18. The molecule has 1 amide bonds. The molecular weight excluding hydrogens is 246 g/mol. The van der Waals surface area contributed by atoms with Gasteiger partial charge in [0.05, 0.1) is 5.69 Å². The quantitative estimate of drug-likeness (QED) is 0.872. The first kappa shape index (κ1) is 13.4. The van der Waals surface area contributed by atoms with Crippen LogP contribution in [0.15, 0.2) is 5.38 Å². The van der Waals surface area contributed by atoms with E-state index >= 15 is 0 Å². The van der Waals surface area contributed by atoms with E-state index in [1.807, 2.05) is 12.3 Å². The van der Waals surface area contributed by atoms with Crippen LogP contribution in [0, 0.1) is 0 Å². The van der Waals surface area contributed by atoms with E-state index in [2.05, 4.69) is 10.3 Å². The summed E-state index contributed by atoms with van der Waals surface area (Å²) in [6.45, 7) is 1.82. The van der Waals surface area contributed by atoms with Crippen LogP contribution in [0.1, 0.15) is 37.8 Å². The Balaban J connectivity index is 0.00000128. The zero-order valence-electron chi connectivity index (χ0n) is 9.10. The molecule has 16 heavy (non-hydrogen) atoms. The smallest absolute Gasteiger partial charge is 0.227 e. The van der Waals surface area contributed by atoms with Gasteiger partial charge in [-0.3, -0.25) is 4.79 Å². The molecule has 1 aromatic rings. The van der Waals surface area contributed by atoms with Gasteiger partial charge in [-0.15, -0.1) is 23.7 Å². The number of nitrogens with two attached hydrogens (primary N) is 1. The summed E-state index contributed by atoms with van der Waals surface area (Å²) in [7, 11) is 0. The lowest BCUT2D eigenvalue weighted by atomic mass is 10.2. The van der Waals surface area contributed by atoms with Crippen molar-refractivity contribution in [3.05, 3.63) is 11.1 Å². The van der Waals surface area contributed by atoms with Crippen LogP contribution in [-0.2, 0) is 4.79 Å². The second kappa shape index (κ2) is 5.61. The maximum absolute atomic E-state index is 11.4. The number of carbonyl (C=O) groups is 1. The van der Waals surface area contributed by atoms with Gasteiger partial charge >= 0.3 is 0 Å². The molecule has 0 aliphatic heterocycles. The number of anilines is 1. The molecule has 0 bridgehead atoms. The molecule has 1 fully saturated rings. The van der Waals surface area contributed by atoms with Crippen LogP contribution < -0.4 is 11.1 Å². The minimum Gasteiger partial charge on any atom is -0.327 e. The van der Waals surface area contributed by atoms with Gasteiger partial charge in [-0.05, 0) is 19.8 Å². The van der Waals surface area contributed by atoms with Gasteiger partial charge < -0.3 is 11.1 Å². The Labute approximate surface area is 105 Å². The molecule has 1 saturated carbocycles. The van der Waals surface area contributed by atoms with Crippen LogP contribution in [0.2, 0.25) is 0 Å². The number of rotatable bonds is 4. The van der Waals surface area contributed by atoms with Crippen LogP contribution in [0.5, 0.6) is 0 Å². The predicted octanol–water partition coefficient (Wildman–Crippen LogP) is 2.12. The van der Waals surface area contributed by atoms with E-state index in [1.165, 1.54) is 24.2 Å². The summed E-state index contributed by atoms with van der Waals surface area (Å²) in [6, 6.07) is -0.104. The number of aromatic nitrogens is 1. The molecule has 0 saturated heterocycles. The number of hydrogen-bond donors (Lipinski definition) is 2. The van der Waals surface area contributed by atoms with Crippen molar-refractivity contribution in [3.63, 3.8) is 0 Å². The molecule has 1 aromatic heterocycles. The van der Waals surface area contributed by atoms with E-state index in [0.29, 0.717) is 17.5 Å². The third kappa shape index (κ3) is 3.73. The largest absolute Gasteiger partial charge is 0.327 e. The molecule has 0 aromatic carbocycles. The minimum absolute atomic E-state index is 0. The number of halogens is 1. The summed E-state index contributed by atoms with van der Waals surface area (Å²) >= 11 is 1.49. The van der Waals surface area contributed by atoms with E-state index in [4.69, 9.17) is 5.73 Å². The highest BCUT2D eigenvalue weighted by Gasteiger charge is 2.26. The Hall–Kier alpha value is -0.650. The summed E-state index contributed by atoms with van der Waals surface area (Å²) in [6.07, 6.45) is 2.81. The second-order valence-electron chi connectivity index (χ2n) is 4.08. The zero-order valence-corrected chi connectivity index (χ0v) is 10.7. The van der Waals surface area contributed by atoms with Crippen molar-refractivity contribution < 1.29 is 4.79 Å². The number of thiazole rings is 1. The molecule has 1 aliphatic rings. The van der Waals surface area contributed by atoms with E-state index < -0.39 is 0 Å². The van der Waals surface area contributed by atoms with Crippen LogP contribution >= 0.6 is 23.7 Å². The van der Waals surface area contributed by atoms with Gasteiger partial charge in [0.1, 0.15) is 0 Å². The van der Waals surface area contributed by atoms with E-state index in [0.717, 1.165) is 5.69 Å². The molecule has 1 atom stereocenters. The number of amides is 1. The first-order valence-electron chi connectivity index (χ1n) is 5.16. The van der Waals surface area contributed by atoms with Crippen molar-refractivity contribution in [2.24, 2.45) is 5.73 Å². The molecule has 0 spiro atoms. The van der Waals surface area contributed by atoms with E-state index in [-0.39, 0.29) is 24.4 Å². The van der Waals surface area contributed by atoms with Crippen LogP contribution in [0.4, 0.5) is 5.13 Å². The van der Waals surface area contributed by atoms with E-state index in [9.17, 15) is 4.79 Å². The average Bonchev–Trinajstić information content (AvgIpc) is 2.87. The highest BCUT2D eigenvalue weighted by Crippen LogP contribution is 2.40. The number of hydrogen-bond acceptors (Lipinski definition) is 4. The van der Waals surface area contributed by atoms with Crippen LogP contribution in [-0.4, -0.2) is 16.9 Å². The second-order valence-corrected chi connectivity index (χ2v) is 4.94. The Morgan fingerprint density at radius 2 is 2.44 bits per heavy atom. The number of nitrogens with one attached hydrogen (secondary N) is 1. The van der Waals surface area contributed by atoms with Crippen LogP contribution in [0.3, 0.4) is 0 Å². The van der Waals surface area contributed by atoms with E-state index in [1.54, 1.807) is 0 Å². The molecule has 6 heteroatoms. The lowest BCUT2D eigenvalue weighted by molar-refractivity contribution is -0.116. The highest BCUT2D eigenvalue weighted by molar-refractivity contribution is 7.13. The Bertz CT molecular complexity index is 363. The van der Waals surface area contributed by atoms with Gasteiger partial charge in [-0.1, -0.05) is 0 Å². The van der Waals surface area contributed by atoms with Gasteiger partial charge in [0, 0.05) is 23.8 Å². The molecular formula is C10H16ClN3OS. The Kier molecular flexibility index (Phi) is 4.70. The Morgan fingerprint density at radius 1 is 1.75 bits per heavy atom. The third-order valence-electron chi connectivity index (χ3n) is 2.27. The van der Waals surface area contributed by atoms with Crippen molar-refractivity contribution in [3.8, 4) is 0 Å². The first-order chi connectivity index (χ1) is 7.15. The zero-order chi connectivity index (χ0) is 10.8. The lowest BCUT2D eigenvalue weighted by Crippen LogP contribution is -2.23. The molecule has 1 unspecified atom stereocenters. The van der Waals surface area contributed by atoms with Crippen molar-refractivity contribution in [1.82, 2.24) is 4.98 Å². The van der Waals surface area contributed by atoms with Gasteiger partial charge in [0.15, 0.2) is 5.13 Å². The predicted molar refractivity (Wildman–Crippen MR) is 68.2 cm³/mol. The molecule has 90 valence electrons. The molecule has 3 N–H and O–H groups in total. The third-order valence-corrected chi connectivity index (χ3v) is 3.05. The lowest BCUT2D eigenvalue weighted by Gasteiger charge is -2.03. The SMILES string of the molecule is CC(N)CC(=O)Nc1nc(C2CC2)cs1.Cl. The first-order valence-corrected chi connectivity index (χ1v) is 6.04. The molecule has 4 nitrogen and oxygen atoms in total. The highest BCUT2D eigenvalue weighted by atomic mass is 35.5. The summed E-state index contributed by atoms with van der Waals surface area (Å²) < 4.78 is 0. The van der Waals surface area contributed by atoms with Crippen molar-refractivity contribution in [2.75, 3.05) is 5.32 Å². The van der Waals surface area contributed by atoms with Gasteiger partial charge in [0.2, 0.25) is 5.91 Å². The number of nitrogens with zero attached hydrogens (tertiary/aromatic N) is 1. The van der Waals surface area contributed by atoms with Gasteiger partial charge in [0.25, 0.3) is 0 Å². The van der Waals surface area contributed by atoms with Crippen molar-refractivity contribution in [1.29, 1.82) is 0 Å². The maximum Gasteiger partial charge on any atom is 0.227 e. The normalized spacial score (nSPS) is 16.4. The maximum atomic E-state index is 11.4. The van der Waals surface area contributed by atoms with Gasteiger partial charge in [-0.25, -0.2) is 4.98 Å². The van der Waals surface area contributed by atoms with Crippen molar-refractivity contribution in [2.45, 2.75) is 38.1 Å². The molecule has 0 radical (unpaired) electrons. The fraction of sp³-hybridized carbons (Fsp3) is 0.600. The molecule has 2 rings (SSSR count). The van der Waals surface area contributed by atoms with Gasteiger partial charge in [-0.2, -0.15) is 0 Å². The Morgan fingerprint density at radius 3 is 3.00 bits per heavy atom. The summed E-state index contributed by atoms with van der Waals surface area (Å²) in [4.78, 5) is 15.8.